The molecule has 50 heavy (non-hydrogen) atoms. The number of hydrogen-bond donors (Lipinski definition) is 0. The Morgan fingerprint density at radius 1 is 0.380 bits per heavy atom. The molecule has 234 valence electrons. The highest BCUT2D eigenvalue weighted by Crippen LogP contribution is 2.40. The quantitative estimate of drug-likeness (QED) is 0.186. The molecule has 0 bridgehead atoms. The number of para-hydroxylation sites is 2. The van der Waals surface area contributed by atoms with Crippen LogP contribution in [-0.4, -0.2) is 24.1 Å². The van der Waals surface area contributed by atoms with Crippen molar-refractivity contribution >= 4 is 43.6 Å². The van der Waals surface area contributed by atoms with Gasteiger partial charge >= 0.3 is 0 Å². The van der Waals surface area contributed by atoms with Crippen molar-refractivity contribution in [1.82, 2.24) is 24.1 Å². The molecule has 0 unspecified atom stereocenters. The summed E-state index contributed by atoms with van der Waals surface area (Å²) in [6.07, 6.45) is 0. The van der Waals surface area contributed by atoms with Crippen LogP contribution in [0.15, 0.2) is 176 Å². The number of benzene rings is 7. The molecule has 7 aromatic carbocycles. The first-order chi connectivity index (χ1) is 28.9. The highest BCUT2D eigenvalue weighted by Gasteiger charge is 2.21. The number of rotatable bonds is 5. The fourth-order valence-electron chi connectivity index (χ4n) is 6.79. The topological polar surface area (TPSA) is 48.5 Å². The van der Waals surface area contributed by atoms with E-state index in [2.05, 4.69) is 58.1 Å². The largest absolute Gasteiger partial charge is 0.309 e. The molecule has 0 spiro atoms. The third kappa shape index (κ3) is 4.52. The second kappa shape index (κ2) is 11.4. The monoisotopic (exact) mass is 649 g/mol. The molecule has 0 fully saturated rings. The minimum absolute atomic E-state index is 0.0570. The van der Waals surface area contributed by atoms with Crippen molar-refractivity contribution in [3.63, 3.8) is 0 Å². The number of fused-ring (bicyclic) bond motifs is 6. The molecule has 10 rings (SSSR count). The Hall–Kier alpha value is -6.85. The molecule has 0 saturated carbocycles. The first-order valence-electron chi connectivity index (χ1n) is 21.0. The van der Waals surface area contributed by atoms with Gasteiger partial charge in [-0.2, -0.15) is 9.97 Å². The van der Waals surface area contributed by atoms with Crippen molar-refractivity contribution in [2.45, 2.75) is 0 Å². The van der Waals surface area contributed by atoms with E-state index in [1.807, 2.05) is 66.7 Å². The summed E-state index contributed by atoms with van der Waals surface area (Å²) in [6.45, 7) is 0. The molecule has 0 aliphatic heterocycles. The van der Waals surface area contributed by atoms with E-state index >= 15 is 0 Å². The zero-order valence-corrected chi connectivity index (χ0v) is 26.2. The Balaban J connectivity index is 1.31. The highest BCUT2D eigenvalue weighted by atomic mass is 15.2. The van der Waals surface area contributed by atoms with Gasteiger partial charge in [-0.05, 0) is 47.5 Å². The molecular weight excluding hydrogens is 611 g/mol. The van der Waals surface area contributed by atoms with Crippen LogP contribution >= 0.6 is 0 Å². The lowest BCUT2D eigenvalue weighted by atomic mass is 10.1. The van der Waals surface area contributed by atoms with Crippen LogP contribution in [0.5, 0.6) is 0 Å². The molecule has 0 aliphatic carbocycles. The minimum Gasteiger partial charge on any atom is -0.309 e. The Labute approximate surface area is 302 Å². The second-order valence-electron chi connectivity index (χ2n) is 11.8. The van der Waals surface area contributed by atoms with Crippen LogP contribution in [0.2, 0.25) is 0 Å². The summed E-state index contributed by atoms with van der Waals surface area (Å²) in [7, 11) is 0. The summed E-state index contributed by atoms with van der Waals surface area (Å²) < 4.78 is 89.2. The minimum atomic E-state index is -0.609. The van der Waals surface area contributed by atoms with Gasteiger partial charge in [0.05, 0.1) is 35.8 Å². The average Bonchev–Trinajstić information content (AvgIpc) is 3.78. The fraction of sp³-hybridized carbons (Fsp3) is 0. The van der Waals surface area contributed by atoms with Gasteiger partial charge in [0.25, 0.3) is 0 Å². The standard InChI is InChI=1S/C45H29N5/c1-4-15-30(16-5-1)33-21-14-22-34(27-33)49-39-25-12-10-23-35(39)37-29-42-38(28-41(37)49)36-24-11-13-26-40(36)50(42)45-47-43(31-17-6-2-7-18-31)46-44(48-45)32-19-8-3-9-20-32/h1-29H/i2D,3D,6D,7D,8D,9D,17D,18D,19D,20D. The van der Waals surface area contributed by atoms with E-state index in [-0.39, 0.29) is 28.7 Å². The van der Waals surface area contributed by atoms with Gasteiger partial charge in [0, 0.05) is 38.4 Å². The Bertz CT molecular complexity index is 3310. The molecule has 5 heteroatoms. The molecule has 3 aromatic heterocycles. The maximum Gasteiger partial charge on any atom is 0.238 e. The molecule has 10 aromatic rings. The van der Waals surface area contributed by atoms with E-state index < -0.39 is 60.4 Å². The van der Waals surface area contributed by atoms with Crippen molar-refractivity contribution in [3.05, 3.63) is 176 Å². The van der Waals surface area contributed by atoms with Crippen LogP contribution in [0.3, 0.4) is 0 Å². The molecule has 0 atom stereocenters. The summed E-state index contributed by atoms with van der Waals surface area (Å²) in [6, 6.07) is 32.5. The smallest absolute Gasteiger partial charge is 0.238 e. The third-order valence-corrected chi connectivity index (χ3v) is 8.95. The third-order valence-electron chi connectivity index (χ3n) is 8.95. The van der Waals surface area contributed by atoms with Gasteiger partial charge in [0.1, 0.15) is 0 Å². The number of hydrogen-bond acceptors (Lipinski definition) is 3. The van der Waals surface area contributed by atoms with Crippen molar-refractivity contribution in [1.29, 1.82) is 0 Å². The highest BCUT2D eigenvalue weighted by molar-refractivity contribution is 6.19. The Morgan fingerprint density at radius 3 is 1.52 bits per heavy atom. The fourth-order valence-corrected chi connectivity index (χ4v) is 6.79. The molecule has 5 nitrogen and oxygen atoms in total. The first-order valence-corrected chi connectivity index (χ1v) is 16.0. The first kappa shape index (κ1) is 19.8. The van der Waals surface area contributed by atoms with E-state index in [4.69, 9.17) is 23.7 Å². The zero-order chi connectivity index (χ0) is 41.7. The van der Waals surface area contributed by atoms with Crippen LogP contribution in [0, 0.1) is 0 Å². The lowest BCUT2D eigenvalue weighted by Gasteiger charge is -2.11. The van der Waals surface area contributed by atoms with Gasteiger partial charge in [0.2, 0.25) is 5.95 Å². The van der Waals surface area contributed by atoms with E-state index in [1.54, 1.807) is 4.57 Å². The van der Waals surface area contributed by atoms with Gasteiger partial charge in [-0.25, -0.2) is 4.98 Å². The number of nitrogens with zero attached hydrogens (tertiary/aromatic N) is 5. The van der Waals surface area contributed by atoms with Crippen molar-refractivity contribution in [2.75, 3.05) is 0 Å². The van der Waals surface area contributed by atoms with Gasteiger partial charge < -0.3 is 4.57 Å². The average molecular weight is 650 g/mol. The van der Waals surface area contributed by atoms with Crippen LogP contribution in [-0.2, 0) is 0 Å². The van der Waals surface area contributed by atoms with Gasteiger partial charge in [-0.1, -0.05) is 139 Å². The van der Waals surface area contributed by atoms with E-state index in [0.717, 1.165) is 49.4 Å². The van der Waals surface area contributed by atoms with Gasteiger partial charge in [-0.3, -0.25) is 4.57 Å². The normalized spacial score (nSPS) is 14.4. The maximum absolute atomic E-state index is 8.80. The molecule has 0 radical (unpaired) electrons. The van der Waals surface area contributed by atoms with Crippen molar-refractivity contribution in [3.8, 4) is 45.5 Å². The second-order valence-corrected chi connectivity index (χ2v) is 11.8. The summed E-state index contributed by atoms with van der Waals surface area (Å²) in [5.74, 6) is -0.722. The van der Waals surface area contributed by atoms with E-state index in [1.165, 1.54) is 0 Å². The predicted molar refractivity (Wildman–Crippen MR) is 205 cm³/mol. The molecular formula is C45H29N5. The molecule has 0 saturated heterocycles. The Kier molecular flexibility index (Phi) is 4.52. The molecule has 0 N–H and O–H groups in total. The van der Waals surface area contributed by atoms with Crippen molar-refractivity contribution < 1.29 is 13.7 Å². The van der Waals surface area contributed by atoms with Crippen LogP contribution in [0.4, 0.5) is 0 Å². The molecule has 0 amide bonds. The van der Waals surface area contributed by atoms with Crippen LogP contribution in [0.25, 0.3) is 89.2 Å². The lowest BCUT2D eigenvalue weighted by Crippen LogP contribution is -2.06. The zero-order valence-electron chi connectivity index (χ0n) is 36.2. The lowest BCUT2D eigenvalue weighted by molar-refractivity contribution is 0.954. The summed E-state index contributed by atoms with van der Waals surface area (Å²) in [4.78, 5) is 14.0. The van der Waals surface area contributed by atoms with Gasteiger partial charge in [0.15, 0.2) is 11.6 Å². The SMILES string of the molecule is [2H]c1c([2H])c([2H])c(-c2nc(-c3c([2H])c([2H])c([2H])c([2H])c3[2H])nc(-n3c4ccccc4c4cc5c(cc43)c3ccccc3n5-c3cccc(-c4ccccc4)c3)n2)c([2H])c1[2H]. The van der Waals surface area contributed by atoms with Crippen LogP contribution in [0.1, 0.15) is 13.7 Å². The van der Waals surface area contributed by atoms with E-state index in [9.17, 15) is 0 Å². The van der Waals surface area contributed by atoms with Crippen molar-refractivity contribution in [2.24, 2.45) is 0 Å². The molecule has 3 heterocycles. The van der Waals surface area contributed by atoms with Gasteiger partial charge in [-0.15, -0.1) is 0 Å². The Morgan fingerprint density at radius 2 is 0.900 bits per heavy atom. The summed E-state index contributed by atoms with van der Waals surface area (Å²) >= 11 is 0. The summed E-state index contributed by atoms with van der Waals surface area (Å²) in [5.41, 5.74) is 5.70. The van der Waals surface area contributed by atoms with Crippen LogP contribution < -0.4 is 0 Å². The van der Waals surface area contributed by atoms with E-state index in [0.29, 0.717) is 11.0 Å². The molecule has 0 aliphatic rings. The number of aromatic nitrogens is 5. The summed E-state index contributed by atoms with van der Waals surface area (Å²) in [5, 5.41) is 3.55. The maximum atomic E-state index is 8.80. The predicted octanol–water partition coefficient (Wildman–Crippen LogP) is 11.1.